The molecule has 0 unspecified atom stereocenters. The van der Waals surface area contributed by atoms with Crippen molar-refractivity contribution in [1.29, 1.82) is 0 Å². The number of carbonyl (C=O) groups is 1. The van der Waals surface area contributed by atoms with Crippen LogP contribution in [0, 0.1) is 0 Å². The Bertz CT molecular complexity index is 375. The first-order valence-electron chi connectivity index (χ1n) is 5.31. The summed E-state index contributed by atoms with van der Waals surface area (Å²) in [5.74, 6) is 0.0371. The number of pyridine rings is 1. The molecule has 1 aromatic rings. The summed E-state index contributed by atoms with van der Waals surface area (Å²) in [4.78, 5) is 18.0. The van der Waals surface area contributed by atoms with E-state index in [0.29, 0.717) is 31.9 Å². The van der Waals surface area contributed by atoms with Crippen LogP contribution in [0.4, 0.5) is 5.69 Å². The number of rotatable bonds is 2. The fraction of sp³-hybridized carbons (Fsp3) is 0.455. The Morgan fingerprint density at radius 1 is 1.50 bits per heavy atom. The molecule has 16 heavy (non-hydrogen) atoms. The molecule has 0 atom stereocenters. The summed E-state index contributed by atoms with van der Waals surface area (Å²) in [6, 6.07) is 1.74. The first-order valence-corrected chi connectivity index (χ1v) is 5.31. The van der Waals surface area contributed by atoms with Gasteiger partial charge in [-0.3, -0.25) is 9.78 Å². The van der Waals surface area contributed by atoms with E-state index in [4.69, 9.17) is 4.74 Å². The maximum absolute atomic E-state index is 12.2. The van der Waals surface area contributed by atoms with E-state index in [1.165, 1.54) is 0 Å². The van der Waals surface area contributed by atoms with Gasteiger partial charge in [-0.1, -0.05) is 0 Å². The summed E-state index contributed by atoms with van der Waals surface area (Å²) in [6.45, 7) is 2.55. The van der Waals surface area contributed by atoms with Crippen LogP contribution in [0.2, 0.25) is 0 Å². The number of ether oxygens (including phenoxy) is 1. The molecular weight excluding hydrogens is 206 g/mol. The average molecular weight is 221 g/mol. The minimum absolute atomic E-state index is 0.0371. The van der Waals surface area contributed by atoms with Crippen molar-refractivity contribution >= 4 is 11.6 Å². The number of nitrogens with zero attached hydrogens (tertiary/aromatic N) is 2. The molecule has 2 heterocycles. The van der Waals surface area contributed by atoms with Gasteiger partial charge < -0.3 is 15.0 Å². The second-order valence-electron chi connectivity index (χ2n) is 3.58. The molecule has 0 bridgehead atoms. The predicted molar refractivity (Wildman–Crippen MR) is 60.5 cm³/mol. The van der Waals surface area contributed by atoms with E-state index in [-0.39, 0.29) is 5.91 Å². The van der Waals surface area contributed by atoms with Gasteiger partial charge in [0.05, 0.1) is 30.7 Å². The molecule has 5 heteroatoms. The standard InChI is InChI=1S/C11H15N3O2/c1-12-10-8-13-3-2-9(10)11(15)14-4-6-16-7-5-14/h2-3,8,12H,4-7H2,1H3. The highest BCUT2D eigenvalue weighted by Gasteiger charge is 2.20. The lowest BCUT2D eigenvalue weighted by molar-refractivity contribution is 0.0303. The van der Waals surface area contributed by atoms with Gasteiger partial charge in [0.2, 0.25) is 0 Å². The maximum Gasteiger partial charge on any atom is 0.256 e. The molecule has 1 aliphatic heterocycles. The van der Waals surface area contributed by atoms with E-state index < -0.39 is 0 Å². The Hall–Kier alpha value is -1.62. The maximum atomic E-state index is 12.2. The van der Waals surface area contributed by atoms with Crippen LogP contribution in [-0.4, -0.2) is 49.1 Å². The molecule has 1 fully saturated rings. The Labute approximate surface area is 94.4 Å². The van der Waals surface area contributed by atoms with Crippen LogP contribution in [0.3, 0.4) is 0 Å². The van der Waals surface area contributed by atoms with Crippen molar-refractivity contribution < 1.29 is 9.53 Å². The predicted octanol–water partition coefficient (Wildman–Crippen LogP) is 0.596. The van der Waals surface area contributed by atoms with Gasteiger partial charge >= 0.3 is 0 Å². The second-order valence-corrected chi connectivity index (χ2v) is 3.58. The third kappa shape index (κ3) is 2.14. The minimum atomic E-state index is 0.0371. The second kappa shape index (κ2) is 4.94. The lowest BCUT2D eigenvalue weighted by Crippen LogP contribution is -2.40. The molecular formula is C11H15N3O2. The largest absolute Gasteiger partial charge is 0.386 e. The highest BCUT2D eigenvalue weighted by atomic mass is 16.5. The van der Waals surface area contributed by atoms with Gasteiger partial charge in [-0.2, -0.15) is 0 Å². The first kappa shape index (κ1) is 10.9. The van der Waals surface area contributed by atoms with E-state index >= 15 is 0 Å². The number of hydrogen-bond acceptors (Lipinski definition) is 4. The van der Waals surface area contributed by atoms with E-state index in [0.717, 1.165) is 5.69 Å². The minimum Gasteiger partial charge on any atom is -0.386 e. The van der Waals surface area contributed by atoms with Crippen molar-refractivity contribution in [3.63, 3.8) is 0 Å². The van der Waals surface area contributed by atoms with Crippen molar-refractivity contribution in [1.82, 2.24) is 9.88 Å². The van der Waals surface area contributed by atoms with Crippen molar-refractivity contribution in [3.8, 4) is 0 Å². The lowest BCUT2D eigenvalue weighted by atomic mass is 10.2. The highest BCUT2D eigenvalue weighted by molar-refractivity contribution is 5.99. The van der Waals surface area contributed by atoms with Crippen molar-refractivity contribution in [2.75, 3.05) is 38.7 Å². The SMILES string of the molecule is CNc1cnccc1C(=O)N1CCOCC1. The van der Waals surface area contributed by atoms with Crippen LogP contribution >= 0.6 is 0 Å². The molecule has 1 aromatic heterocycles. The zero-order valence-corrected chi connectivity index (χ0v) is 9.27. The summed E-state index contributed by atoms with van der Waals surface area (Å²) < 4.78 is 5.22. The molecule has 1 N–H and O–H groups in total. The molecule has 0 radical (unpaired) electrons. The molecule has 2 rings (SSSR count). The third-order valence-electron chi connectivity index (χ3n) is 2.62. The Balaban J connectivity index is 2.19. The van der Waals surface area contributed by atoms with E-state index in [1.807, 2.05) is 0 Å². The number of aromatic nitrogens is 1. The quantitative estimate of drug-likeness (QED) is 0.794. The number of hydrogen-bond donors (Lipinski definition) is 1. The molecule has 1 saturated heterocycles. The summed E-state index contributed by atoms with van der Waals surface area (Å²) >= 11 is 0. The van der Waals surface area contributed by atoms with Gasteiger partial charge in [0.1, 0.15) is 0 Å². The highest BCUT2D eigenvalue weighted by Crippen LogP contribution is 2.15. The number of morpholine rings is 1. The summed E-state index contributed by atoms with van der Waals surface area (Å²) in [5.41, 5.74) is 1.43. The molecule has 86 valence electrons. The average Bonchev–Trinajstić information content (AvgIpc) is 2.39. The van der Waals surface area contributed by atoms with Gasteiger partial charge in [-0.05, 0) is 6.07 Å². The van der Waals surface area contributed by atoms with E-state index in [2.05, 4.69) is 10.3 Å². The van der Waals surface area contributed by atoms with Crippen molar-refractivity contribution in [2.24, 2.45) is 0 Å². The van der Waals surface area contributed by atoms with Crippen LogP contribution in [0.15, 0.2) is 18.5 Å². The van der Waals surface area contributed by atoms with Gasteiger partial charge in [-0.25, -0.2) is 0 Å². The van der Waals surface area contributed by atoms with E-state index in [9.17, 15) is 4.79 Å². The van der Waals surface area contributed by atoms with Crippen molar-refractivity contribution in [2.45, 2.75) is 0 Å². The number of nitrogens with one attached hydrogen (secondary N) is 1. The fourth-order valence-corrected chi connectivity index (χ4v) is 1.72. The van der Waals surface area contributed by atoms with Crippen molar-refractivity contribution in [3.05, 3.63) is 24.0 Å². The molecule has 0 saturated carbocycles. The molecule has 5 nitrogen and oxygen atoms in total. The lowest BCUT2D eigenvalue weighted by Gasteiger charge is -2.27. The van der Waals surface area contributed by atoms with Gasteiger partial charge in [-0.15, -0.1) is 0 Å². The molecule has 1 aliphatic rings. The third-order valence-corrected chi connectivity index (χ3v) is 2.62. The Morgan fingerprint density at radius 3 is 2.94 bits per heavy atom. The van der Waals surface area contributed by atoms with Crippen LogP contribution in [0.1, 0.15) is 10.4 Å². The number of amides is 1. The number of carbonyl (C=O) groups excluding carboxylic acids is 1. The topological polar surface area (TPSA) is 54.5 Å². The zero-order valence-electron chi connectivity index (χ0n) is 9.27. The molecule has 1 amide bonds. The molecule has 0 spiro atoms. The monoisotopic (exact) mass is 221 g/mol. The van der Waals surface area contributed by atoms with Gasteiger partial charge in [0.15, 0.2) is 0 Å². The number of anilines is 1. The normalized spacial score (nSPS) is 15.9. The van der Waals surface area contributed by atoms with Gasteiger partial charge in [0.25, 0.3) is 5.91 Å². The van der Waals surface area contributed by atoms with Crippen LogP contribution in [0.5, 0.6) is 0 Å². The Morgan fingerprint density at radius 2 is 2.25 bits per heavy atom. The summed E-state index contributed by atoms with van der Waals surface area (Å²) in [5, 5.41) is 2.97. The zero-order chi connectivity index (χ0) is 11.4. The summed E-state index contributed by atoms with van der Waals surface area (Å²) in [7, 11) is 1.78. The smallest absolute Gasteiger partial charge is 0.256 e. The first-order chi connectivity index (χ1) is 7.83. The molecule has 0 aliphatic carbocycles. The van der Waals surface area contributed by atoms with Gasteiger partial charge in [0, 0.05) is 26.3 Å². The molecule has 0 aromatic carbocycles. The Kier molecular flexibility index (Phi) is 3.36. The fourth-order valence-electron chi connectivity index (χ4n) is 1.72. The summed E-state index contributed by atoms with van der Waals surface area (Å²) in [6.07, 6.45) is 3.29. The van der Waals surface area contributed by atoms with Crippen LogP contribution in [-0.2, 0) is 4.74 Å². The van der Waals surface area contributed by atoms with Crippen LogP contribution < -0.4 is 5.32 Å². The van der Waals surface area contributed by atoms with E-state index in [1.54, 1.807) is 30.4 Å². The van der Waals surface area contributed by atoms with Crippen LogP contribution in [0.25, 0.3) is 0 Å².